The molecule has 13 heavy (non-hydrogen) atoms. The maximum absolute atomic E-state index is 10.2. The van der Waals surface area contributed by atoms with Crippen molar-refractivity contribution < 1.29 is 5.11 Å². The molecule has 0 spiro atoms. The lowest BCUT2D eigenvalue weighted by atomic mass is 9.81. The van der Waals surface area contributed by atoms with Gasteiger partial charge in [0.25, 0.3) is 0 Å². The Morgan fingerprint density at radius 1 is 1.46 bits per heavy atom. The first-order valence-electron chi connectivity index (χ1n) is 5.32. The average Bonchev–Trinajstić information content (AvgIpc) is 2.99. The van der Waals surface area contributed by atoms with E-state index in [0.29, 0.717) is 12.5 Å². The Kier molecular flexibility index (Phi) is 2.43. The Morgan fingerprint density at radius 3 is 2.69 bits per heavy atom. The molecule has 2 heteroatoms. The molecule has 74 valence electrons. The lowest BCUT2D eigenvalue weighted by Crippen LogP contribution is -2.36. The van der Waals surface area contributed by atoms with Crippen molar-refractivity contribution in [2.24, 2.45) is 17.1 Å². The molecular formula is C11H19NO. The van der Waals surface area contributed by atoms with E-state index in [4.69, 9.17) is 5.73 Å². The van der Waals surface area contributed by atoms with Crippen LogP contribution in [0.1, 0.15) is 32.1 Å². The topological polar surface area (TPSA) is 46.2 Å². The first-order valence-corrected chi connectivity index (χ1v) is 5.32. The van der Waals surface area contributed by atoms with Crippen molar-refractivity contribution in [3.8, 4) is 0 Å². The number of rotatable bonds is 3. The van der Waals surface area contributed by atoms with E-state index in [2.05, 4.69) is 12.2 Å². The SMILES string of the molecule is NCC1(C(O)C2CC=CCC2)CC1. The predicted molar refractivity (Wildman–Crippen MR) is 53.2 cm³/mol. The molecule has 0 amide bonds. The summed E-state index contributed by atoms with van der Waals surface area (Å²) < 4.78 is 0. The van der Waals surface area contributed by atoms with Crippen molar-refractivity contribution >= 4 is 0 Å². The summed E-state index contributed by atoms with van der Waals surface area (Å²) in [4.78, 5) is 0. The minimum atomic E-state index is -0.151. The smallest absolute Gasteiger partial charge is 0.0639 e. The third kappa shape index (κ3) is 1.65. The van der Waals surface area contributed by atoms with Crippen molar-refractivity contribution in [3.05, 3.63) is 12.2 Å². The summed E-state index contributed by atoms with van der Waals surface area (Å²) in [5, 5.41) is 10.2. The second-order valence-corrected chi connectivity index (χ2v) is 4.56. The summed E-state index contributed by atoms with van der Waals surface area (Å²) in [6.07, 6.45) is 9.83. The zero-order valence-corrected chi connectivity index (χ0v) is 8.08. The molecule has 2 aliphatic rings. The Labute approximate surface area is 79.8 Å². The van der Waals surface area contributed by atoms with Gasteiger partial charge in [0.2, 0.25) is 0 Å². The molecule has 0 saturated heterocycles. The second-order valence-electron chi connectivity index (χ2n) is 4.56. The fourth-order valence-electron chi connectivity index (χ4n) is 2.38. The molecule has 3 N–H and O–H groups in total. The van der Waals surface area contributed by atoms with Gasteiger partial charge in [-0.05, 0) is 38.0 Å². The second kappa shape index (κ2) is 3.43. The number of nitrogens with two attached hydrogens (primary N) is 1. The molecule has 0 aliphatic heterocycles. The molecule has 0 heterocycles. The van der Waals surface area contributed by atoms with Gasteiger partial charge >= 0.3 is 0 Å². The van der Waals surface area contributed by atoms with Gasteiger partial charge in [0.1, 0.15) is 0 Å². The fourth-order valence-corrected chi connectivity index (χ4v) is 2.38. The first-order chi connectivity index (χ1) is 6.28. The van der Waals surface area contributed by atoms with Gasteiger partial charge in [-0.1, -0.05) is 12.2 Å². The summed E-state index contributed by atoms with van der Waals surface area (Å²) >= 11 is 0. The quantitative estimate of drug-likeness (QED) is 0.647. The molecule has 1 fully saturated rings. The monoisotopic (exact) mass is 181 g/mol. The van der Waals surface area contributed by atoms with E-state index < -0.39 is 0 Å². The van der Waals surface area contributed by atoms with Crippen molar-refractivity contribution in [1.82, 2.24) is 0 Å². The van der Waals surface area contributed by atoms with E-state index >= 15 is 0 Å². The highest BCUT2D eigenvalue weighted by Gasteiger charge is 2.49. The predicted octanol–water partition coefficient (Wildman–Crippen LogP) is 1.44. The Morgan fingerprint density at radius 2 is 2.23 bits per heavy atom. The van der Waals surface area contributed by atoms with E-state index in [0.717, 1.165) is 32.1 Å². The van der Waals surface area contributed by atoms with Crippen molar-refractivity contribution in [2.75, 3.05) is 6.54 Å². The van der Waals surface area contributed by atoms with E-state index in [1.54, 1.807) is 0 Å². The largest absolute Gasteiger partial charge is 0.392 e. The summed E-state index contributed by atoms with van der Waals surface area (Å²) in [7, 11) is 0. The number of allylic oxidation sites excluding steroid dienone is 2. The molecule has 0 aromatic rings. The molecule has 2 unspecified atom stereocenters. The highest BCUT2D eigenvalue weighted by atomic mass is 16.3. The van der Waals surface area contributed by atoms with Crippen LogP contribution >= 0.6 is 0 Å². The molecule has 2 aliphatic carbocycles. The average molecular weight is 181 g/mol. The van der Waals surface area contributed by atoms with Crippen LogP contribution in [0.2, 0.25) is 0 Å². The van der Waals surface area contributed by atoms with Crippen LogP contribution in [0.15, 0.2) is 12.2 Å². The molecule has 0 radical (unpaired) electrons. The minimum Gasteiger partial charge on any atom is -0.392 e. The third-order valence-corrected chi connectivity index (χ3v) is 3.68. The fraction of sp³-hybridized carbons (Fsp3) is 0.818. The van der Waals surface area contributed by atoms with Crippen LogP contribution in [0.4, 0.5) is 0 Å². The standard InChI is InChI=1S/C11H19NO/c12-8-11(6-7-11)10(13)9-4-2-1-3-5-9/h1-2,9-10,13H,3-8,12H2. The van der Waals surface area contributed by atoms with Crippen molar-refractivity contribution in [2.45, 2.75) is 38.2 Å². The number of hydrogen-bond acceptors (Lipinski definition) is 2. The van der Waals surface area contributed by atoms with Gasteiger partial charge < -0.3 is 10.8 Å². The van der Waals surface area contributed by atoms with Crippen LogP contribution in [-0.2, 0) is 0 Å². The van der Waals surface area contributed by atoms with Crippen LogP contribution in [0.25, 0.3) is 0 Å². The van der Waals surface area contributed by atoms with E-state index in [1.165, 1.54) is 0 Å². The normalized spacial score (nSPS) is 32.9. The van der Waals surface area contributed by atoms with E-state index in [1.807, 2.05) is 0 Å². The maximum atomic E-state index is 10.2. The molecule has 0 bridgehead atoms. The zero-order valence-electron chi connectivity index (χ0n) is 8.08. The molecule has 0 aromatic carbocycles. The van der Waals surface area contributed by atoms with Crippen LogP contribution in [0.3, 0.4) is 0 Å². The lowest BCUT2D eigenvalue weighted by molar-refractivity contribution is 0.0365. The summed E-state index contributed by atoms with van der Waals surface area (Å²) in [5.74, 6) is 0.469. The van der Waals surface area contributed by atoms with Crippen molar-refractivity contribution in [3.63, 3.8) is 0 Å². The zero-order chi connectivity index (χ0) is 9.31. The minimum absolute atomic E-state index is 0.107. The summed E-state index contributed by atoms with van der Waals surface area (Å²) in [6.45, 7) is 0.661. The molecule has 1 saturated carbocycles. The molecule has 2 atom stereocenters. The Bertz CT molecular complexity index is 208. The lowest BCUT2D eigenvalue weighted by Gasteiger charge is -2.29. The number of hydrogen-bond donors (Lipinski definition) is 2. The van der Waals surface area contributed by atoms with Gasteiger partial charge in [0.15, 0.2) is 0 Å². The Hall–Kier alpha value is -0.340. The first kappa shape index (κ1) is 9.22. The van der Waals surface area contributed by atoms with Crippen LogP contribution in [-0.4, -0.2) is 17.8 Å². The van der Waals surface area contributed by atoms with E-state index in [9.17, 15) is 5.11 Å². The Balaban J connectivity index is 1.96. The third-order valence-electron chi connectivity index (χ3n) is 3.68. The molecular weight excluding hydrogens is 162 g/mol. The van der Waals surface area contributed by atoms with Gasteiger partial charge in [-0.25, -0.2) is 0 Å². The van der Waals surface area contributed by atoms with Gasteiger partial charge in [0.05, 0.1) is 6.10 Å². The highest BCUT2D eigenvalue weighted by molar-refractivity contribution is 5.04. The number of aliphatic hydroxyl groups is 1. The number of aliphatic hydroxyl groups excluding tert-OH is 1. The van der Waals surface area contributed by atoms with Gasteiger partial charge in [0, 0.05) is 12.0 Å². The van der Waals surface area contributed by atoms with Gasteiger partial charge in [-0.3, -0.25) is 0 Å². The van der Waals surface area contributed by atoms with Crippen LogP contribution in [0, 0.1) is 11.3 Å². The molecule has 2 nitrogen and oxygen atoms in total. The van der Waals surface area contributed by atoms with E-state index in [-0.39, 0.29) is 11.5 Å². The molecule has 2 rings (SSSR count). The summed E-state index contributed by atoms with van der Waals surface area (Å²) in [5.41, 5.74) is 5.81. The maximum Gasteiger partial charge on any atom is 0.0639 e. The summed E-state index contributed by atoms with van der Waals surface area (Å²) in [6, 6.07) is 0. The van der Waals surface area contributed by atoms with Gasteiger partial charge in [-0.15, -0.1) is 0 Å². The van der Waals surface area contributed by atoms with Crippen LogP contribution in [0.5, 0.6) is 0 Å². The van der Waals surface area contributed by atoms with Crippen molar-refractivity contribution in [1.29, 1.82) is 0 Å². The van der Waals surface area contributed by atoms with Crippen LogP contribution < -0.4 is 5.73 Å². The van der Waals surface area contributed by atoms with Gasteiger partial charge in [-0.2, -0.15) is 0 Å². The molecule has 0 aromatic heterocycles. The highest BCUT2D eigenvalue weighted by Crippen LogP contribution is 2.51.